The Balaban J connectivity index is 0.00000225. The average Bonchev–Trinajstić information content (AvgIpc) is 2.82. The molecule has 0 spiro atoms. The third-order valence-electron chi connectivity index (χ3n) is 3.55. The van der Waals surface area contributed by atoms with Crippen LogP contribution in [0.5, 0.6) is 11.5 Å². The molecule has 1 aliphatic rings. The third-order valence-corrected chi connectivity index (χ3v) is 4.55. The molecule has 0 saturated carbocycles. The number of amides is 1. The van der Waals surface area contributed by atoms with Crippen molar-refractivity contribution < 1.29 is 14.3 Å². The van der Waals surface area contributed by atoms with Gasteiger partial charge in [0.15, 0.2) is 11.5 Å². The van der Waals surface area contributed by atoms with Gasteiger partial charge < -0.3 is 20.5 Å². The van der Waals surface area contributed by atoms with E-state index in [1.165, 1.54) is 0 Å². The van der Waals surface area contributed by atoms with Crippen molar-refractivity contribution in [1.29, 1.82) is 0 Å². The lowest BCUT2D eigenvalue weighted by molar-refractivity contribution is -0.115. The number of ether oxygens (including phenoxy) is 2. The summed E-state index contributed by atoms with van der Waals surface area (Å²) in [5.74, 6) is 2.20. The summed E-state index contributed by atoms with van der Waals surface area (Å²) in [7, 11) is 0. The summed E-state index contributed by atoms with van der Waals surface area (Å²) in [6.45, 7) is 1.35. The van der Waals surface area contributed by atoms with E-state index in [2.05, 4.69) is 5.32 Å². The molecule has 0 radical (unpaired) electrons. The van der Waals surface area contributed by atoms with Crippen molar-refractivity contribution in [2.45, 2.75) is 17.7 Å². The second kappa shape index (κ2) is 9.44. The number of carbonyl (C=O) groups excluding carboxylic acids is 1. The summed E-state index contributed by atoms with van der Waals surface area (Å²) in [6.07, 6.45) is 1.30. The first-order valence-corrected chi connectivity index (χ1v) is 8.88. The van der Waals surface area contributed by atoms with Crippen LogP contribution in [0, 0.1) is 0 Å². The molecule has 0 atom stereocenters. The predicted octanol–water partition coefficient (Wildman–Crippen LogP) is 3.97. The first-order valence-electron chi connectivity index (χ1n) is 7.89. The molecule has 0 unspecified atom stereocenters. The van der Waals surface area contributed by atoms with Crippen LogP contribution in [0.25, 0.3) is 0 Å². The molecule has 25 heavy (non-hydrogen) atoms. The first-order chi connectivity index (χ1) is 11.7. The Labute approximate surface area is 157 Å². The zero-order valence-electron chi connectivity index (χ0n) is 13.7. The van der Waals surface area contributed by atoms with Gasteiger partial charge in [-0.3, -0.25) is 4.79 Å². The van der Waals surface area contributed by atoms with Crippen LogP contribution in [-0.2, 0) is 4.79 Å². The second-order valence-corrected chi connectivity index (χ2v) is 6.56. The van der Waals surface area contributed by atoms with Gasteiger partial charge in [-0.25, -0.2) is 0 Å². The van der Waals surface area contributed by atoms with E-state index in [1.807, 2.05) is 30.3 Å². The summed E-state index contributed by atoms with van der Waals surface area (Å²) >= 11 is 1.62. The van der Waals surface area contributed by atoms with Gasteiger partial charge in [0.25, 0.3) is 0 Å². The molecule has 7 heteroatoms. The molecule has 0 bridgehead atoms. The zero-order valence-corrected chi connectivity index (χ0v) is 15.3. The van der Waals surface area contributed by atoms with Crippen molar-refractivity contribution >= 4 is 41.5 Å². The number of nitrogen functional groups attached to an aromatic ring is 1. The number of nitrogens with two attached hydrogens (primary N) is 1. The summed E-state index contributed by atoms with van der Waals surface area (Å²) in [5, 5.41) is 2.83. The normalized spacial score (nSPS) is 12.6. The number of anilines is 2. The number of hydrogen-bond donors (Lipinski definition) is 2. The van der Waals surface area contributed by atoms with E-state index in [-0.39, 0.29) is 18.3 Å². The van der Waals surface area contributed by atoms with Crippen LogP contribution in [0.15, 0.2) is 47.4 Å². The molecule has 1 aliphatic heterocycles. The lowest BCUT2D eigenvalue weighted by Crippen LogP contribution is -2.13. The van der Waals surface area contributed by atoms with Crippen LogP contribution in [-0.4, -0.2) is 24.9 Å². The highest BCUT2D eigenvalue weighted by atomic mass is 35.5. The fourth-order valence-corrected chi connectivity index (χ4v) is 3.20. The maximum absolute atomic E-state index is 12.0. The molecule has 134 valence electrons. The van der Waals surface area contributed by atoms with E-state index in [9.17, 15) is 4.79 Å². The molecule has 2 aromatic carbocycles. The fourth-order valence-electron chi connectivity index (χ4n) is 2.32. The van der Waals surface area contributed by atoms with E-state index in [1.54, 1.807) is 23.9 Å². The number of carbonyl (C=O) groups is 1. The van der Waals surface area contributed by atoms with Crippen LogP contribution in [0.3, 0.4) is 0 Å². The van der Waals surface area contributed by atoms with Crippen molar-refractivity contribution in [1.82, 2.24) is 0 Å². The van der Waals surface area contributed by atoms with Gasteiger partial charge in [0, 0.05) is 23.5 Å². The molecule has 1 amide bonds. The minimum Gasteiger partial charge on any atom is -0.490 e. The van der Waals surface area contributed by atoms with Crippen molar-refractivity contribution in [2.75, 3.05) is 30.0 Å². The average molecular weight is 381 g/mol. The molecule has 1 heterocycles. The number of thioether (sulfide) groups is 1. The highest BCUT2D eigenvalue weighted by Gasteiger charge is 2.11. The van der Waals surface area contributed by atoms with E-state index < -0.39 is 0 Å². The molecule has 0 fully saturated rings. The van der Waals surface area contributed by atoms with Gasteiger partial charge in [-0.2, -0.15) is 0 Å². The summed E-state index contributed by atoms with van der Waals surface area (Å²) in [5.41, 5.74) is 7.05. The lowest BCUT2D eigenvalue weighted by Gasteiger charge is -2.10. The van der Waals surface area contributed by atoms with Crippen LogP contribution in [0.1, 0.15) is 12.8 Å². The van der Waals surface area contributed by atoms with E-state index >= 15 is 0 Å². The zero-order chi connectivity index (χ0) is 16.8. The van der Waals surface area contributed by atoms with Gasteiger partial charge in [0.1, 0.15) is 0 Å². The van der Waals surface area contributed by atoms with Crippen molar-refractivity contribution in [3.05, 3.63) is 42.5 Å². The molecule has 0 aliphatic carbocycles. The Morgan fingerprint density at radius 1 is 1.12 bits per heavy atom. The fraction of sp³-hybridized carbons (Fsp3) is 0.278. The molecule has 0 saturated heterocycles. The highest BCUT2D eigenvalue weighted by molar-refractivity contribution is 7.99. The van der Waals surface area contributed by atoms with E-state index in [0.29, 0.717) is 36.8 Å². The van der Waals surface area contributed by atoms with E-state index in [4.69, 9.17) is 15.2 Å². The molecule has 0 aromatic heterocycles. The first kappa shape index (κ1) is 19.3. The van der Waals surface area contributed by atoms with Crippen LogP contribution < -0.4 is 20.5 Å². The van der Waals surface area contributed by atoms with E-state index in [0.717, 1.165) is 22.8 Å². The Kier molecular flexibility index (Phi) is 7.28. The topological polar surface area (TPSA) is 73.6 Å². The lowest BCUT2D eigenvalue weighted by atomic mass is 10.2. The standard InChI is InChI=1S/C18H20N2O3S.ClH/c19-14-4-1-2-5-15(14)20-18(21)8-11-24-13-6-7-16-17(12-13)23-10-3-9-22-16;/h1-2,4-7,12H,3,8-11,19H2,(H,20,21);1H. The number of rotatable bonds is 5. The van der Waals surface area contributed by atoms with Gasteiger partial charge in [-0.1, -0.05) is 12.1 Å². The van der Waals surface area contributed by atoms with Gasteiger partial charge in [0.05, 0.1) is 24.6 Å². The Morgan fingerprint density at radius 2 is 1.88 bits per heavy atom. The highest BCUT2D eigenvalue weighted by Crippen LogP contribution is 2.34. The van der Waals surface area contributed by atoms with Crippen molar-refractivity contribution in [2.24, 2.45) is 0 Å². The number of fused-ring (bicyclic) bond motifs is 1. The number of para-hydroxylation sites is 2. The molecule has 3 N–H and O–H groups in total. The number of halogens is 1. The van der Waals surface area contributed by atoms with Crippen LogP contribution >= 0.6 is 24.2 Å². The summed E-state index contributed by atoms with van der Waals surface area (Å²) in [6, 6.07) is 13.1. The van der Waals surface area contributed by atoms with Gasteiger partial charge in [-0.15, -0.1) is 24.2 Å². The second-order valence-electron chi connectivity index (χ2n) is 5.39. The Bertz CT molecular complexity index is 727. The minimum absolute atomic E-state index is 0. The number of hydrogen-bond acceptors (Lipinski definition) is 5. The summed E-state index contributed by atoms with van der Waals surface area (Å²) < 4.78 is 11.3. The Hall–Kier alpha value is -2.05. The SMILES string of the molecule is Cl.Nc1ccccc1NC(=O)CCSc1ccc2c(c1)OCCCO2. The molecule has 3 rings (SSSR count). The smallest absolute Gasteiger partial charge is 0.225 e. The van der Waals surface area contributed by atoms with Gasteiger partial charge in [-0.05, 0) is 30.3 Å². The van der Waals surface area contributed by atoms with Gasteiger partial charge >= 0.3 is 0 Å². The summed E-state index contributed by atoms with van der Waals surface area (Å²) in [4.78, 5) is 13.1. The maximum atomic E-state index is 12.0. The van der Waals surface area contributed by atoms with Crippen LogP contribution in [0.4, 0.5) is 11.4 Å². The van der Waals surface area contributed by atoms with Gasteiger partial charge in [0.2, 0.25) is 5.91 Å². The molecular formula is C18H21ClN2O3S. The van der Waals surface area contributed by atoms with Crippen LogP contribution in [0.2, 0.25) is 0 Å². The Morgan fingerprint density at radius 3 is 2.68 bits per heavy atom. The third kappa shape index (κ3) is 5.47. The molecular weight excluding hydrogens is 360 g/mol. The molecule has 2 aromatic rings. The quantitative estimate of drug-likeness (QED) is 0.606. The van der Waals surface area contributed by atoms with Crippen molar-refractivity contribution in [3.8, 4) is 11.5 Å². The van der Waals surface area contributed by atoms with Crippen molar-refractivity contribution in [3.63, 3.8) is 0 Å². The minimum atomic E-state index is -0.0465. The number of benzene rings is 2. The predicted molar refractivity (Wildman–Crippen MR) is 104 cm³/mol. The largest absolute Gasteiger partial charge is 0.490 e. The maximum Gasteiger partial charge on any atom is 0.225 e. The number of nitrogens with one attached hydrogen (secondary N) is 1. The monoisotopic (exact) mass is 380 g/mol. The molecule has 5 nitrogen and oxygen atoms in total.